The second kappa shape index (κ2) is 9.26. The van der Waals surface area contributed by atoms with Gasteiger partial charge in [-0.15, -0.1) is 0 Å². The third kappa shape index (κ3) is 5.17. The highest BCUT2D eigenvalue weighted by molar-refractivity contribution is 6.00. The molecular formula is C23H34N4O2. The largest absolute Gasteiger partial charge is 0.372 e. The van der Waals surface area contributed by atoms with Crippen LogP contribution in [0.4, 0.5) is 5.69 Å². The highest BCUT2D eigenvalue weighted by Crippen LogP contribution is 2.29. The van der Waals surface area contributed by atoms with E-state index in [1.165, 1.54) is 31.4 Å². The van der Waals surface area contributed by atoms with Crippen LogP contribution in [-0.4, -0.2) is 43.5 Å². The van der Waals surface area contributed by atoms with Crippen LogP contribution in [0.5, 0.6) is 0 Å². The third-order valence-corrected chi connectivity index (χ3v) is 6.98. The molecule has 1 aromatic rings. The van der Waals surface area contributed by atoms with E-state index < -0.39 is 0 Å². The molecule has 158 valence electrons. The summed E-state index contributed by atoms with van der Waals surface area (Å²) >= 11 is 0. The highest BCUT2D eigenvalue weighted by Gasteiger charge is 2.28. The van der Waals surface area contributed by atoms with Crippen molar-refractivity contribution in [2.75, 3.05) is 24.5 Å². The first-order valence-corrected chi connectivity index (χ1v) is 11.3. The lowest BCUT2D eigenvalue weighted by atomic mass is 9.90. The number of piperidine rings is 2. The van der Waals surface area contributed by atoms with Gasteiger partial charge in [0.1, 0.15) is 0 Å². The Bertz CT molecular complexity index is 704. The Hall–Kier alpha value is -1.92. The molecule has 1 aromatic carbocycles. The third-order valence-electron chi connectivity index (χ3n) is 6.98. The van der Waals surface area contributed by atoms with Gasteiger partial charge in [-0.05, 0) is 75.1 Å². The summed E-state index contributed by atoms with van der Waals surface area (Å²) < 4.78 is 0. The minimum absolute atomic E-state index is 0.160. The zero-order valence-corrected chi connectivity index (χ0v) is 17.2. The normalized spacial score (nSPS) is 29.0. The van der Waals surface area contributed by atoms with Crippen molar-refractivity contribution in [2.24, 2.45) is 11.7 Å². The molecule has 0 spiro atoms. The van der Waals surface area contributed by atoms with Gasteiger partial charge in [-0.1, -0.05) is 12.1 Å². The van der Waals surface area contributed by atoms with Gasteiger partial charge in [0.2, 0.25) is 11.8 Å². The van der Waals surface area contributed by atoms with Crippen LogP contribution in [0.1, 0.15) is 62.8 Å². The van der Waals surface area contributed by atoms with Crippen LogP contribution in [0.15, 0.2) is 24.3 Å². The number of hydrogen-bond acceptors (Lipinski definition) is 5. The highest BCUT2D eigenvalue weighted by atomic mass is 16.2. The van der Waals surface area contributed by atoms with Crippen LogP contribution >= 0.6 is 0 Å². The summed E-state index contributed by atoms with van der Waals surface area (Å²) in [6.07, 6.45) is 8.22. The fourth-order valence-corrected chi connectivity index (χ4v) is 4.98. The number of rotatable bonds is 5. The van der Waals surface area contributed by atoms with E-state index in [0.29, 0.717) is 24.9 Å². The second-order valence-corrected chi connectivity index (χ2v) is 9.05. The van der Waals surface area contributed by atoms with Crippen LogP contribution in [0.25, 0.3) is 0 Å². The maximum Gasteiger partial charge on any atom is 0.234 e. The first-order chi connectivity index (χ1) is 14.1. The van der Waals surface area contributed by atoms with Gasteiger partial charge in [0.25, 0.3) is 0 Å². The van der Waals surface area contributed by atoms with Crippen molar-refractivity contribution in [3.63, 3.8) is 0 Å². The van der Waals surface area contributed by atoms with Gasteiger partial charge in [0, 0.05) is 37.3 Å². The van der Waals surface area contributed by atoms with Crippen LogP contribution in [-0.2, 0) is 9.59 Å². The van der Waals surface area contributed by atoms with Gasteiger partial charge in [-0.25, -0.2) is 0 Å². The molecule has 2 saturated heterocycles. The van der Waals surface area contributed by atoms with Crippen molar-refractivity contribution in [3.8, 4) is 0 Å². The summed E-state index contributed by atoms with van der Waals surface area (Å²) in [6.45, 7) is 3.29. The smallest absolute Gasteiger partial charge is 0.234 e. The predicted molar refractivity (Wildman–Crippen MR) is 115 cm³/mol. The molecule has 4 rings (SSSR count). The summed E-state index contributed by atoms with van der Waals surface area (Å²) in [5.74, 6) is 0.229. The minimum Gasteiger partial charge on any atom is -0.372 e. The second-order valence-electron chi connectivity index (χ2n) is 9.05. The molecule has 0 radical (unpaired) electrons. The lowest BCUT2D eigenvalue weighted by Crippen LogP contribution is -2.42. The van der Waals surface area contributed by atoms with Crippen molar-refractivity contribution in [2.45, 2.75) is 69.4 Å². The Morgan fingerprint density at radius 3 is 2.31 bits per heavy atom. The Kier molecular flexibility index (Phi) is 6.50. The SMILES string of the molecule is NC1CCC(NCC2CCN(c3ccc(C4CCC(=O)NC4=O)cc3)CC2)CC1. The van der Waals surface area contributed by atoms with Crippen LogP contribution in [0.3, 0.4) is 0 Å². The van der Waals surface area contributed by atoms with E-state index in [4.69, 9.17) is 5.73 Å². The van der Waals surface area contributed by atoms with E-state index in [2.05, 4.69) is 39.8 Å². The number of carbonyl (C=O) groups excluding carboxylic acids is 2. The summed E-state index contributed by atoms with van der Waals surface area (Å²) in [6, 6.07) is 9.43. The molecule has 29 heavy (non-hydrogen) atoms. The number of hydrogen-bond donors (Lipinski definition) is 3. The van der Waals surface area contributed by atoms with Crippen LogP contribution in [0.2, 0.25) is 0 Å². The molecule has 6 nitrogen and oxygen atoms in total. The number of nitrogens with zero attached hydrogens (tertiary/aromatic N) is 1. The van der Waals surface area contributed by atoms with Gasteiger partial charge < -0.3 is 16.0 Å². The fraction of sp³-hybridized carbons (Fsp3) is 0.652. The first-order valence-electron chi connectivity index (χ1n) is 11.3. The Labute approximate surface area is 173 Å². The fourth-order valence-electron chi connectivity index (χ4n) is 4.98. The Balaban J connectivity index is 1.23. The number of carbonyl (C=O) groups is 2. The molecule has 1 aliphatic carbocycles. The number of amides is 2. The summed E-state index contributed by atoms with van der Waals surface area (Å²) in [5.41, 5.74) is 8.24. The summed E-state index contributed by atoms with van der Waals surface area (Å²) in [7, 11) is 0. The van der Waals surface area contributed by atoms with Crippen LogP contribution < -0.4 is 21.3 Å². The molecule has 2 heterocycles. The lowest BCUT2D eigenvalue weighted by Gasteiger charge is -2.35. The zero-order chi connectivity index (χ0) is 20.2. The van der Waals surface area contributed by atoms with Gasteiger partial charge in [0.05, 0.1) is 5.92 Å². The number of imide groups is 1. The van der Waals surface area contributed by atoms with E-state index in [-0.39, 0.29) is 17.7 Å². The molecule has 0 aromatic heterocycles. The lowest BCUT2D eigenvalue weighted by molar-refractivity contribution is -0.134. The van der Waals surface area contributed by atoms with E-state index in [0.717, 1.165) is 44.0 Å². The maximum absolute atomic E-state index is 12.1. The molecule has 3 fully saturated rings. The molecule has 4 N–H and O–H groups in total. The molecule has 6 heteroatoms. The van der Waals surface area contributed by atoms with Crippen molar-refractivity contribution in [1.29, 1.82) is 0 Å². The van der Waals surface area contributed by atoms with Crippen molar-refractivity contribution >= 4 is 17.5 Å². The quantitative estimate of drug-likeness (QED) is 0.663. The van der Waals surface area contributed by atoms with Gasteiger partial charge in [-0.2, -0.15) is 0 Å². The minimum atomic E-state index is -0.201. The number of nitrogens with two attached hydrogens (primary N) is 1. The van der Waals surface area contributed by atoms with E-state index in [1.54, 1.807) is 0 Å². The van der Waals surface area contributed by atoms with E-state index in [9.17, 15) is 9.59 Å². The zero-order valence-electron chi connectivity index (χ0n) is 17.2. The molecule has 1 unspecified atom stereocenters. The van der Waals surface area contributed by atoms with Crippen molar-refractivity contribution in [1.82, 2.24) is 10.6 Å². The van der Waals surface area contributed by atoms with Gasteiger partial charge in [0.15, 0.2) is 0 Å². The molecule has 2 aliphatic heterocycles. The average molecular weight is 399 g/mol. The van der Waals surface area contributed by atoms with Gasteiger partial charge >= 0.3 is 0 Å². The van der Waals surface area contributed by atoms with Crippen LogP contribution in [0, 0.1) is 5.92 Å². The van der Waals surface area contributed by atoms with E-state index in [1.807, 2.05) is 0 Å². The van der Waals surface area contributed by atoms with Crippen molar-refractivity contribution < 1.29 is 9.59 Å². The van der Waals surface area contributed by atoms with E-state index >= 15 is 0 Å². The number of nitrogens with one attached hydrogen (secondary N) is 2. The summed E-state index contributed by atoms with van der Waals surface area (Å²) in [4.78, 5) is 25.9. The number of benzene rings is 1. The monoisotopic (exact) mass is 398 g/mol. The molecule has 0 bridgehead atoms. The number of anilines is 1. The average Bonchev–Trinajstić information content (AvgIpc) is 2.74. The Morgan fingerprint density at radius 2 is 1.66 bits per heavy atom. The summed E-state index contributed by atoms with van der Waals surface area (Å²) in [5, 5.41) is 6.23. The maximum atomic E-state index is 12.1. The molecule has 1 saturated carbocycles. The molecular weight excluding hydrogens is 364 g/mol. The molecule has 1 atom stereocenters. The predicted octanol–water partition coefficient (Wildman–Crippen LogP) is 2.28. The molecule has 3 aliphatic rings. The standard InChI is InChI=1S/C23H34N4O2/c24-18-3-5-19(6-4-18)25-15-16-11-13-27(14-12-16)20-7-1-17(2-8-20)21-9-10-22(28)26-23(21)29/h1-2,7-8,16,18-19,21,25H,3-6,9-15,24H2,(H,26,28,29). The molecule has 2 amide bonds. The van der Waals surface area contributed by atoms with Gasteiger partial charge in [-0.3, -0.25) is 14.9 Å². The van der Waals surface area contributed by atoms with Crippen molar-refractivity contribution in [3.05, 3.63) is 29.8 Å². The topological polar surface area (TPSA) is 87.5 Å². The first kappa shape index (κ1) is 20.4. The Morgan fingerprint density at radius 1 is 0.966 bits per heavy atom.